The first-order valence-corrected chi connectivity index (χ1v) is 24.9. The standard InChI is InChI=1S/C51H96O5/c1-4-7-10-13-16-18-20-22-24-26-27-29-31-33-36-38-41-44-50(52)55-48-49(56-51(53)45-42-39-35-15-12-9-6-3)47-54-46-43-40-37-34-32-30-28-25-23-21-19-17-14-11-8-5-2/h16,18,22,24,49H,4-15,17,19-21,23,25-48H2,1-3H3/b18-16-,24-22-. The van der Waals surface area contributed by atoms with E-state index in [1.807, 2.05) is 0 Å². The van der Waals surface area contributed by atoms with Crippen molar-refractivity contribution in [2.45, 2.75) is 271 Å². The predicted octanol–water partition coefficient (Wildman–Crippen LogP) is 16.5. The Morgan fingerprint density at radius 1 is 0.393 bits per heavy atom. The van der Waals surface area contributed by atoms with Crippen LogP contribution in [0.15, 0.2) is 24.3 Å². The Morgan fingerprint density at radius 3 is 1.21 bits per heavy atom. The molecule has 0 aliphatic carbocycles. The monoisotopic (exact) mass is 789 g/mol. The summed E-state index contributed by atoms with van der Waals surface area (Å²) in [4.78, 5) is 25.2. The van der Waals surface area contributed by atoms with E-state index in [4.69, 9.17) is 14.2 Å². The van der Waals surface area contributed by atoms with Gasteiger partial charge >= 0.3 is 11.9 Å². The van der Waals surface area contributed by atoms with Crippen LogP contribution in [0.25, 0.3) is 0 Å². The summed E-state index contributed by atoms with van der Waals surface area (Å²) in [7, 11) is 0. The average Bonchev–Trinajstić information content (AvgIpc) is 3.20. The second-order valence-electron chi connectivity index (χ2n) is 16.7. The third-order valence-corrected chi connectivity index (χ3v) is 11.0. The lowest BCUT2D eigenvalue weighted by atomic mass is 10.0. The molecule has 0 aliphatic heterocycles. The molecule has 5 nitrogen and oxygen atoms in total. The summed E-state index contributed by atoms with van der Waals surface area (Å²) in [6.45, 7) is 7.81. The van der Waals surface area contributed by atoms with Crippen LogP contribution in [0.3, 0.4) is 0 Å². The van der Waals surface area contributed by atoms with Crippen LogP contribution in [0, 0.1) is 0 Å². The van der Waals surface area contributed by atoms with Gasteiger partial charge in [-0.1, -0.05) is 225 Å². The fourth-order valence-electron chi connectivity index (χ4n) is 7.25. The minimum Gasteiger partial charge on any atom is -0.462 e. The number of esters is 2. The van der Waals surface area contributed by atoms with Crippen molar-refractivity contribution < 1.29 is 23.8 Å². The number of ether oxygens (including phenoxy) is 3. The van der Waals surface area contributed by atoms with Gasteiger partial charge in [-0.2, -0.15) is 0 Å². The van der Waals surface area contributed by atoms with Crippen molar-refractivity contribution in [3.63, 3.8) is 0 Å². The largest absolute Gasteiger partial charge is 0.462 e. The van der Waals surface area contributed by atoms with Crippen molar-refractivity contribution in [2.24, 2.45) is 0 Å². The highest BCUT2D eigenvalue weighted by Crippen LogP contribution is 2.15. The fourth-order valence-corrected chi connectivity index (χ4v) is 7.25. The van der Waals surface area contributed by atoms with Crippen LogP contribution in [-0.4, -0.2) is 37.9 Å². The van der Waals surface area contributed by atoms with Gasteiger partial charge in [0.1, 0.15) is 6.61 Å². The molecule has 0 aliphatic rings. The highest BCUT2D eigenvalue weighted by Gasteiger charge is 2.17. The van der Waals surface area contributed by atoms with E-state index >= 15 is 0 Å². The molecule has 0 aromatic rings. The second kappa shape index (κ2) is 47.8. The zero-order valence-electron chi connectivity index (χ0n) is 37.9. The Morgan fingerprint density at radius 2 is 0.750 bits per heavy atom. The van der Waals surface area contributed by atoms with E-state index in [0.717, 1.165) is 44.9 Å². The SMILES string of the molecule is CCCCC/C=C\C/C=C\CCCCCCCCCC(=O)OCC(COCCCCCCCCCCCCCCCCCC)OC(=O)CCCCCCCCC. The maximum atomic E-state index is 12.6. The van der Waals surface area contributed by atoms with E-state index in [2.05, 4.69) is 45.1 Å². The van der Waals surface area contributed by atoms with Gasteiger partial charge in [0.05, 0.1) is 6.61 Å². The molecule has 0 bridgehead atoms. The molecular weight excluding hydrogens is 693 g/mol. The minimum atomic E-state index is -0.529. The van der Waals surface area contributed by atoms with Gasteiger partial charge in [0.25, 0.3) is 0 Å². The molecule has 0 aromatic heterocycles. The van der Waals surface area contributed by atoms with Crippen LogP contribution < -0.4 is 0 Å². The quantitative estimate of drug-likeness (QED) is 0.0349. The Balaban J connectivity index is 4.09. The summed E-state index contributed by atoms with van der Waals surface area (Å²) < 4.78 is 17.3. The van der Waals surface area contributed by atoms with Crippen LogP contribution in [0.4, 0.5) is 0 Å². The van der Waals surface area contributed by atoms with E-state index < -0.39 is 6.10 Å². The summed E-state index contributed by atoms with van der Waals surface area (Å²) in [6.07, 6.45) is 54.8. The normalized spacial score (nSPS) is 12.3. The maximum absolute atomic E-state index is 12.6. The molecule has 56 heavy (non-hydrogen) atoms. The Bertz CT molecular complexity index is 851. The molecule has 1 unspecified atom stereocenters. The summed E-state index contributed by atoms with van der Waals surface area (Å²) in [5.74, 6) is -0.398. The molecule has 0 radical (unpaired) electrons. The molecule has 0 saturated heterocycles. The van der Waals surface area contributed by atoms with Crippen LogP contribution in [-0.2, 0) is 23.8 Å². The van der Waals surface area contributed by atoms with Crippen molar-refractivity contribution in [3.05, 3.63) is 24.3 Å². The number of carbonyl (C=O) groups excluding carboxylic acids is 2. The van der Waals surface area contributed by atoms with Gasteiger partial charge in [-0.05, 0) is 51.4 Å². The van der Waals surface area contributed by atoms with Gasteiger partial charge in [0.15, 0.2) is 6.10 Å². The van der Waals surface area contributed by atoms with Crippen LogP contribution in [0.5, 0.6) is 0 Å². The topological polar surface area (TPSA) is 61.8 Å². The molecule has 5 heteroatoms. The van der Waals surface area contributed by atoms with Crippen molar-refractivity contribution >= 4 is 11.9 Å². The summed E-state index contributed by atoms with van der Waals surface area (Å²) >= 11 is 0. The zero-order chi connectivity index (χ0) is 40.7. The summed E-state index contributed by atoms with van der Waals surface area (Å²) in [5.41, 5.74) is 0. The first-order chi connectivity index (χ1) is 27.6. The molecule has 0 heterocycles. The first kappa shape index (κ1) is 54.4. The lowest BCUT2D eigenvalue weighted by Gasteiger charge is -2.18. The first-order valence-electron chi connectivity index (χ1n) is 24.9. The zero-order valence-corrected chi connectivity index (χ0v) is 37.9. The highest BCUT2D eigenvalue weighted by atomic mass is 16.6. The van der Waals surface area contributed by atoms with E-state index in [-0.39, 0.29) is 18.5 Å². The lowest BCUT2D eigenvalue weighted by Crippen LogP contribution is -2.30. The predicted molar refractivity (Wildman–Crippen MR) is 242 cm³/mol. The van der Waals surface area contributed by atoms with Gasteiger partial charge in [-0.3, -0.25) is 9.59 Å². The number of rotatable bonds is 46. The molecule has 0 aromatic carbocycles. The van der Waals surface area contributed by atoms with E-state index in [1.54, 1.807) is 0 Å². The third-order valence-electron chi connectivity index (χ3n) is 11.0. The number of carbonyl (C=O) groups is 2. The van der Waals surface area contributed by atoms with E-state index in [0.29, 0.717) is 26.1 Å². The van der Waals surface area contributed by atoms with Gasteiger partial charge in [0, 0.05) is 19.4 Å². The molecule has 0 saturated carbocycles. The van der Waals surface area contributed by atoms with Gasteiger partial charge in [-0.25, -0.2) is 0 Å². The summed E-state index contributed by atoms with van der Waals surface area (Å²) in [5, 5.41) is 0. The number of hydrogen-bond acceptors (Lipinski definition) is 5. The van der Waals surface area contributed by atoms with Crippen LogP contribution in [0.2, 0.25) is 0 Å². The number of hydrogen-bond donors (Lipinski definition) is 0. The fraction of sp³-hybridized carbons (Fsp3) is 0.882. The molecule has 0 amide bonds. The molecule has 0 spiro atoms. The molecule has 0 fully saturated rings. The van der Waals surface area contributed by atoms with E-state index in [9.17, 15) is 9.59 Å². The van der Waals surface area contributed by atoms with Gasteiger partial charge in [0.2, 0.25) is 0 Å². The van der Waals surface area contributed by atoms with Gasteiger partial charge < -0.3 is 14.2 Å². The van der Waals surface area contributed by atoms with Crippen LogP contribution >= 0.6 is 0 Å². The van der Waals surface area contributed by atoms with Crippen molar-refractivity contribution in [3.8, 4) is 0 Å². The lowest BCUT2D eigenvalue weighted by molar-refractivity contribution is -0.163. The van der Waals surface area contributed by atoms with Crippen molar-refractivity contribution in [1.82, 2.24) is 0 Å². The van der Waals surface area contributed by atoms with Gasteiger partial charge in [-0.15, -0.1) is 0 Å². The average molecular weight is 789 g/mol. The molecule has 0 rings (SSSR count). The molecular formula is C51H96O5. The van der Waals surface area contributed by atoms with E-state index in [1.165, 1.54) is 186 Å². The Labute approximate surface area is 349 Å². The molecule has 0 N–H and O–H groups in total. The van der Waals surface area contributed by atoms with Crippen LogP contribution in [0.1, 0.15) is 265 Å². The van der Waals surface area contributed by atoms with Crippen molar-refractivity contribution in [1.29, 1.82) is 0 Å². The Kier molecular flexibility index (Phi) is 46.4. The smallest absolute Gasteiger partial charge is 0.306 e. The second-order valence-corrected chi connectivity index (χ2v) is 16.7. The number of unbranched alkanes of at least 4 members (excludes halogenated alkanes) is 31. The van der Waals surface area contributed by atoms with Crippen molar-refractivity contribution in [2.75, 3.05) is 19.8 Å². The summed E-state index contributed by atoms with van der Waals surface area (Å²) in [6, 6.07) is 0. The molecule has 1 atom stereocenters. The Hall–Kier alpha value is -1.62. The number of allylic oxidation sites excluding steroid dienone is 4. The third kappa shape index (κ3) is 45.1. The maximum Gasteiger partial charge on any atom is 0.306 e. The molecule has 330 valence electrons. The minimum absolute atomic E-state index is 0.0875. The highest BCUT2D eigenvalue weighted by molar-refractivity contribution is 5.70.